The Morgan fingerprint density at radius 1 is 0.784 bits per heavy atom. The molecule has 0 radical (unpaired) electrons. The van der Waals surface area contributed by atoms with Crippen LogP contribution in [0.5, 0.6) is 11.5 Å². The van der Waals surface area contributed by atoms with Gasteiger partial charge in [-0.3, -0.25) is 9.97 Å². The fourth-order valence-corrected chi connectivity index (χ4v) is 4.90. The van der Waals surface area contributed by atoms with Crippen molar-refractivity contribution < 1.29 is 28.5 Å². The maximum atomic E-state index is 12.1. The number of rotatable bonds is 6. The van der Waals surface area contributed by atoms with E-state index < -0.39 is 27.3 Å². The summed E-state index contributed by atoms with van der Waals surface area (Å²) in [5.74, 6) is 4.55. The molecular weight excluding hydrogens is 745 g/mol. The lowest BCUT2D eigenvalue weighted by Gasteiger charge is -2.40. The molecule has 0 unspecified atom stereocenters. The van der Waals surface area contributed by atoms with Gasteiger partial charge < -0.3 is 28.7 Å². The van der Waals surface area contributed by atoms with Crippen LogP contribution >= 0.6 is 15.9 Å². The van der Waals surface area contributed by atoms with E-state index in [2.05, 4.69) is 82.2 Å². The van der Waals surface area contributed by atoms with Crippen LogP contribution in [0.25, 0.3) is 0 Å². The van der Waals surface area contributed by atoms with Crippen LogP contribution in [0, 0.1) is 23.4 Å². The highest BCUT2D eigenvalue weighted by atomic mass is 79.9. The Morgan fingerprint density at radius 3 is 1.57 bits per heavy atom. The highest BCUT2D eigenvalue weighted by Crippen LogP contribution is 2.24. The van der Waals surface area contributed by atoms with Crippen molar-refractivity contribution in [2.24, 2.45) is 0 Å². The SMILES string of the molecule is C#C[Si](C)(C)C.CC(C)(C)OC(=O)N1CC[C@H]1COc1cncc(Br)c1.CC(C)(C)OC(=O)N1CC[C@H]1COc1cncc(C#C[Si](C)(C)C)c1. The van der Waals surface area contributed by atoms with Gasteiger partial charge in [-0.05, 0) is 82.4 Å². The summed E-state index contributed by atoms with van der Waals surface area (Å²) in [4.78, 5) is 35.7. The van der Waals surface area contributed by atoms with Crippen molar-refractivity contribution in [3.8, 4) is 34.9 Å². The van der Waals surface area contributed by atoms with Gasteiger partial charge in [-0.15, -0.1) is 17.5 Å². The average Bonchev–Trinajstić information content (AvgIpc) is 2.93. The highest BCUT2D eigenvalue weighted by molar-refractivity contribution is 9.10. The van der Waals surface area contributed by atoms with Crippen molar-refractivity contribution in [2.45, 2.75) is 117 Å². The number of carbonyl (C=O) groups is 2. The van der Waals surface area contributed by atoms with Crippen molar-refractivity contribution in [1.29, 1.82) is 0 Å². The minimum atomic E-state index is -1.42. The number of ether oxygens (including phenoxy) is 4. The van der Waals surface area contributed by atoms with E-state index in [1.807, 2.05) is 53.7 Å². The molecule has 0 aromatic carbocycles. The standard InChI is InChI=1S/C19H28N2O3Si.C14H19BrN2O3.C5H10Si/c1-19(2,3)24-18(22)21-9-7-16(21)14-23-17-11-15(12-20-13-17)8-10-25(4,5)6;1-14(2,3)20-13(18)17-5-4-11(17)9-19-12-6-10(15)7-16-8-12;1-5-6(2,3)4/h11-13,16H,7,9,14H2,1-6H3;6-8,11H,4-5,9H2,1-3H3;1H,2-4H3/t16-;11-;/m00./s1. The molecule has 0 bridgehead atoms. The van der Waals surface area contributed by atoms with Gasteiger partial charge in [0.15, 0.2) is 0 Å². The van der Waals surface area contributed by atoms with Gasteiger partial charge in [-0.2, -0.15) is 0 Å². The molecule has 0 saturated carbocycles. The Kier molecular flexibility index (Phi) is 16.1. The molecular formula is C38H57BrN4O6Si2. The lowest BCUT2D eigenvalue weighted by Crippen LogP contribution is -2.55. The van der Waals surface area contributed by atoms with Crippen LogP contribution in [0.4, 0.5) is 9.59 Å². The topological polar surface area (TPSA) is 103 Å². The second-order valence-corrected chi connectivity index (χ2v) is 27.0. The molecule has 2 amide bonds. The molecule has 51 heavy (non-hydrogen) atoms. The normalized spacial score (nSPS) is 16.9. The van der Waals surface area contributed by atoms with E-state index in [0.717, 1.165) is 29.4 Å². The summed E-state index contributed by atoms with van der Waals surface area (Å²) in [6, 6.07) is 3.87. The predicted octanol–water partition coefficient (Wildman–Crippen LogP) is 8.43. The number of nitrogens with zero attached hydrogens (tertiary/aromatic N) is 4. The fourth-order valence-electron chi connectivity index (χ4n) is 4.03. The van der Waals surface area contributed by atoms with Crippen LogP contribution in [0.15, 0.2) is 41.4 Å². The third-order valence-corrected chi connectivity index (χ3v) is 9.01. The molecule has 0 spiro atoms. The van der Waals surface area contributed by atoms with Crippen molar-refractivity contribution >= 4 is 44.3 Å². The van der Waals surface area contributed by atoms with Gasteiger partial charge in [-0.1, -0.05) is 45.2 Å². The van der Waals surface area contributed by atoms with Gasteiger partial charge in [0.05, 0.1) is 24.5 Å². The molecule has 2 aromatic heterocycles. The number of hydrogen-bond acceptors (Lipinski definition) is 8. The maximum Gasteiger partial charge on any atom is 0.410 e. The zero-order valence-electron chi connectivity index (χ0n) is 32.6. The lowest BCUT2D eigenvalue weighted by atomic mass is 10.1. The van der Waals surface area contributed by atoms with E-state index >= 15 is 0 Å². The molecule has 2 fully saturated rings. The second kappa shape index (κ2) is 18.8. The number of hydrogen-bond donors (Lipinski definition) is 0. The van der Waals surface area contributed by atoms with Crippen LogP contribution in [0.1, 0.15) is 59.9 Å². The van der Waals surface area contributed by atoms with Crippen LogP contribution in [0.3, 0.4) is 0 Å². The summed E-state index contributed by atoms with van der Waals surface area (Å²) >= 11 is 3.34. The second-order valence-electron chi connectivity index (χ2n) is 16.5. The zero-order valence-corrected chi connectivity index (χ0v) is 36.1. The molecule has 2 aromatic rings. The lowest BCUT2D eigenvalue weighted by molar-refractivity contribution is -0.0149. The maximum absolute atomic E-state index is 12.1. The molecule has 4 rings (SSSR count). The van der Waals surface area contributed by atoms with Gasteiger partial charge in [0.2, 0.25) is 0 Å². The van der Waals surface area contributed by atoms with Gasteiger partial charge >= 0.3 is 12.2 Å². The van der Waals surface area contributed by atoms with E-state index in [0.29, 0.717) is 31.3 Å². The summed E-state index contributed by atoms with van der Waals surface area (Å²) < 4.78 is 23.1. The molecule has 2 aliphatic heterocycles. The van der Waals surface area contributed by atoms with Crippen LogP contribution in [-0.4, -0.2) is 97.7 Å². The van der Waals surface area contributed by atoms with Crippen LogP contribution in [0.2, 0.25) is 39.3 Å². The molecule has 2 atom stereocenters. The number of carbonyl (C=O) groups excluding carboxylic acids is 2. The minimum Gasteiger partial charge on any atom is -0.490 e. The number of likely N-dealkylation sites (tertiary alicyclic amines) is 2. The summed E-state index contributed by atoms with van der Waals surface area (Å²) in [5, 5.41) is 0. The quantitative estimate of drug-likeness (QED) is 0.212. The zero-order chi connectivity index (χ0) is 38.6. The molecule has 10 nitrogen and oxygen atoms in total. The first kappa shape index (κ1) is 43.6. The first-order chi connectivity index (χ1) is 23.4. The Labute approximate surface area is 316 Å². The van der Waals surface area contributed by atoms with E-state index in [1.165, 1.54) is 0 Å². The van der Waals surface area contributed by atoms with Gasteiger partial charge in [0.1, 0.15) is 52.1 Å². The number of amides is 2. The van der Waals surface area contributed by atoms with Crippen LogP contribution < -0.4 is 9.47 Å². The molecule has 13 heteroatoms. The molecule has 4 heterocycles. The largest absolute Gasteiger partial charge is 0.490 e. The van der Waals surface area contributed by atoms with Crippen molar-refractivity contribution in [3.05, 3.63) is 47.0 Å². The first-order valence-electron chi connectivity index (χ1n) is 17.3. The number of terminal acetylenes is 1. The number of aromatic nitrogens is 2. The molecule has 2 saturated heterocycles. The Morgan fingerprint density at radius 2 is 1.22 bits per heavy atom. The predicted molar refractivity (Wildman–Crippen MR) is 212 cm³/mol. The van der Waals surface area contributed by atoms with Gasteiger partial charge in [0.25, 0.3) is 0 Å². The Bertz CT molecular complexity index is 1560. The molecule has 280 valence electrons. The molecule has 2 aliphatic rings. The summed E-state index contributed by atoms with van der Waals surface area (Å²) in [5.41, 5.74) is 5.98. The molecule has 0 N–H and O–H groups in total. The van der Waals surface area contributed by atoms with Crippen molar-refractivity contribution in [1.82, 2.24) is 19.8 Å². The Hall–Kier alpha value is -3.53. The number of pyridine rings is 2. The van der Waals surface area contributed by atoms with E-state index in [4.69, 9.17) is 25.4 Å². The van der Waals surface area contributed by atoms with E-state index in [1.54, 1.807) is 34.6 Å². The Balaban J connectivity index is 0.000000310. The van der Waals surface area contributed by atoms with Crippen LogP contribution in [-0.2, 0) is 9.47 Å². The van der Waals surface area contributed by atoms with E-state index in [9.17, 15) is 9.59 Å². The van der Waals surface area contributed by atoms with E-state index in [-0.39, 0.29) is 24.3 Å². The fraction of sp³-hybridized carbons (Fsp3) is 0.579. The third kappa shape index (κ3) is 18.0. The third-order valence-electron chi connectivity index (χ3n) is 6.84. The highest BCUT2D eigenvalue weighted by Gasteiger charge is 2.36. The molecule has 0 aliphatic carbocycles. The van der Waals surface area contributed by atoms with Gasteiger partial charge in [0, 0.05) is 35.5 Å². The summed E-state index contributed by atoms with van der Waals surface area (Å²) in [7, 11) is -2.52. The van der Waals surface area contributed by atoms with Crippen molar-refractivity contribution in [2.75, 3.05) is 26.3 Å². The monoisotopic (exact) mass is 800 g/mol. The summed E-state index contributed by atoms with van der Waals surface area (Å²) in [6.07, 6.45) is 13.2. The van der Waals surface area contributed by atoms with Crippen molar-refractivity contribution in [3.63, 3.8) is 0 Å². The summed E-state index contributed by atoms with van der Waals surface area (Å²) in [6.45, 7) is 26.6. The number of halogens is 1. The smallest absolute Gasteiger partial charge is 0.410 e. The first-order valence-corrected chi connectivity index (χ1v) is 25.1. The average molecular weight is 802 g/mol. The minimum absolute atomic E-state index is 0.0478. The van der Waals surface area contributed by atoms with Gasteiger partial charge in [-0.25, -0.2) is 9.59 Å².